The Bertz CT molecular complexity index is 2560. The minimum atomic E-state index is -3.01. The molecule has 0 saturated carbocycles. The van der Waals surface area contributed by atoms with E-state index in [0.29, 0.717) is 7.35 Å². The summed E-state index contributed by atoms with van der Waals surface area (Å²) in [4.78, 5) is 0. The molecule has 8 aromatic rings. The summed E-state index contributed by atoms with van der Waals surface area (Å²) < 4.78 is 4.19. The Morgan fingerprint density at radius 3 is 1.09 bits per heavy atom. The number of allylic oxidation sites excluding steroid dienone is 2. The van der Waals surface area contributed by atoms with Gasteiger partial charge in [0, 0.05) is 0 Å². The minimum Gasteiger partial charge on any atom is -0.147 e. The SMILES string of the molecule is CC1=Cc2c(-c3c4ccccc4cc4ccccc34)cccc2[CH]1[Hf]1([CH]2C(C)=Cc3c(-c4c5ccccc5cc5ccccc45)cccc32)[CH2][CH2]1.Cl.Cl. The summed E-state index contributed by atoms with van der Waals surface area (Å²) in [6.45, 7) is 4.92. The van der Waals surface area contributed by atoms with E-state index in [2.05, 4.69) is 172 Å². The molecule has 0 bridgehead atoms. The van der Waals surface area contributed by atoms with Crippen LogP contribution in [0.1, 0.15) is 43.5 Å². The predicted molar refractivity (Wildman–Crippen MR) is 231 cm³/mol. The van der Waals surface area contributed by atoms with Crippen LogP contribution >= 0.6 is 24.8 Å². The van der Waals surface area contributed by atoms with E-state index in [0.717, 1.165) is 0 Å². The van der Waals surface area contributed by atoms with Crippen molar-refractivity contribution < 1.29 is 20.0 Å². The van der Waals surface area contributed by atoms with E-state index in [1.165, 1.54) is 84.8 Å². The Kier molecular flexibility index (Phi) is 8.43. The average Bonchev–Trinajstić information content (AvgIpc) is 3.74. The molecule has 0 N–H and O–H groups in total. The van der Waals surface area contributed by atoms with Gasteiger partial charge in [-0.3, -0.25) is 0 Å². The number of hydrogen-bond donors (Lipinski definition) is 0. The molecule has 2 aliphatic carbocycles. The van der Waals surface area contributed by atoms with Crippen LogP contribution in [0.25, 0.3) is 77.5 Å². The van der Waals surface area contributed by atoms with Gasteiger partial charge in [-0.05, 0) is 0 Å². The van der Waals surface area contributed by atoms with Gasteiger partial charge in [0.25, 0.3) is 0 Å². The zero-order valence-electron chi connectivity index (χ0n) is 29.9. The standard InChI is InChI=1S/2C24H17.C2H4.2ClH.Hf/c2*1-16-13-17-9-6-12-22(23(17)14-16)24-20-10-4-2-7-18(20)15-19-8-3-5-11-21(19)24;1-2;;;/h2*2-15H,1H3;1-2H2;2*1H;. The van der Waals surface area contributed by atoms with Gasteiger partial charge in [-0.15, -0.1) is 24.8 Å². The van der Waals surface area contributed by atoms with Crippen molar-refractivity contribution in [2.24, 2.45) is 0 Å². The average molecular weight is 890 g/mol. The second kappa shape index (κ2) is 12.9. The van der Waals surface area contributed by atoms with Crippen LogP contribution in [0.3, 0.4) is 0 Å². The first-order chi connectivity index (χ1) is 25.1. The quantitative estimate of drug-likeness (QED) is 0.122. The number of benzene rings is 8. The van der Waals surface area contributed by atoms with E-state index in [1.807, 2.05) is 0 Å². The normalized spacial score (nSPS) is 17.9. The van der Waals surface area contributed by atoms with Gasteiger partial charge in [-0.25, -0.2) is 0 Å². The van der Waals surface area contributed by atoms with Crippen LogP contribution in [0.15, 0.2) is 157 Å². The van der Waals surface area contributed by atoms with Crippen molar-refractivity contribution >= 4 is 80.1 Å². The molecule has 0 spiro atoms. The van der Waals surface area contributed by atoms with Gasteiger partial charge in [0.05, 0.1) is 0 Å². The van der Waals surface area contributed by atoms with Crippen molar-refractivity contribution in [3.8, 4) is 22.3 Å². The van der Waals surface area contributed by atoms with E-state index < -0.39 is 20.0 Å². The molecular formula is C50H40Cl2Hf. The summed E-state index contributed by atoms with van der Waals surface area (Å²) in [5.41, 5.74) is 15.0. The second-order valence-electron chi connectivity index (χ2n) is 15.4. The molecule has 11 rings (SSSR count). The zero-order valence-corrected chi connectivity index (χ0v) is 35.1. The molecule has 0 radical (unpaired) electrons. The van der Waals surface area contributed by atoms with Crippen molar-refractivity contribution in [2.75, 3.05) is 0 Å². The fourth-order valence-corrected chi connectivity index (χ4v) is 38.8. The van der Waals surface area contributed by atoms with Crippen molar-refractivity contribution in [2.45, 2.75) is 29.6 Å². The third kappa shape index (κ3) is 5.04. The van der Waals surface area contributed by atoms with Crippen molar-refractivity contribution in [1.82, 2.24) is 0 Å². The Morgan fingerprint density at radius 2 is 0.755 bits per heavy atom. The second-order valence-corrected chi connectivity index (χ2v) is 32.0. The number of halogens is 2. The molecule has 3 heteroatoms. The van der Waals surface area contributed by atoms with Crippen LogP contribution in [-0.2, 0) is 20.0 Å². The van der Waals surface area contributed by atoms with E-state index >= 15 is 0 Å². The fourth-order valence-electron chi connectivity index (χ4n) is 10.6. The molecule has 258 valence electrons. The van der Waals surface area contributed by atoms with Crippen molar-refractivity contribution in [3.05, 3.63) is 179 Å². The molecule has 53 heavy (non-hydrogen) atoms. The number of fused-ring (bicyclic) bond motifs is 6. The first-order valence-electron chi connectivity index (χ1n) is 18.5. The summed E-state index contributed by atoms with van der Waals surface area (Å²) in [5, 5.41) is 10.7. The minimum absolute atomic E-state index is 0. The van der Waals surface area contributed by atoms with Crippen LogP contribution in [0.5, 0.6) is 0 Å². The van der Waals surface area contributed by atoms with Gasteiger partial charge in [-0.1, -0.05) is 0 Å². The van der Waals surface area contributed by atoms with Crippen LogP contribution in [-0.4, -0.2) is 0 Å². The van der Waals surface area contributed by atoms with Crippen molar-refractivity contribution in [1.29, 1.82) is 0 Å². The van der Waals surface area contributed by atoms with Gasteiger partial charge in [-0.2, -0.15) is 0 Å². The fraction of sp³-hybridized carbons (Fsp3) is 0.120. The molecule has 2 unspecified atom stereocenters. The Balaban J connectivity index is 0.00000186. The smallest absolute Gasteiger partial charge is 0.147 e. The summed E-state index contributed by atoms with van der Waals surface area (Å²) in [6, 6.07) is 55.1. The molecule has 2 atom stereocenters. The van der Waals surface area contributed by atoms with Crippen LogP contribution in [0, 0.1) is 0 Å². The van der Waals surface area contributed by atoms with E-state index in [1.54, 1.807) is 22.3 Å². The van der Waals surface area contributed by atoms with Gasteiger partial charge in [0.1, 0.15) is 0 Å². The van der Waals surface area contributed by atoms with Crippen LogP contribution in [0.4, 0.5) is 0 Å². The Hall–Kier alpha value is -4.27. The predicted octanol–water partition coefficient (Wildman–Crippen LogP) is 15.1. The Labute approximate surface area is 328 Å². The maximum atomic E-state index is 2.60. The molecular weight excluding hydrogens is 850 g/mol. The molecule has 0 amide bonds. The topological polar surface area (TPSA) is 0 Å². The molecule has 0 aromatic heterocycles. The molecule has 1 fully saturated rings. The first kappa shape index (κ1) is 34.5. The molecule has 1 aliphatic heterocycles. The van der Waals surface area contributed by atoms with Crippen LogP contribution < -0.4 is 0 Å². The Morgan fingerprint density at radius 1 is 0.415 bits per heavy atom. The molecule has 3 aliphatic rings. The third-order valence-electron chi connectivity index (χ3n) is 12.6. The summed E-state index contributed by atoms with van der Waals surface area (Å²) in [6.07, 6.45) is 5.19. The maximum Gasteiger partial charge on any atom is -0.147 e. The number of hydrogen-bond acceptors (Lipinski definition) is 0. The van der Waals surface area contributed by atoms with E-state index in [-0.39, 0.29) is 24.8 Å². The molecule has 1 saturated heterocycles. The van der Waals surface area contributed by atoms with Crippen molar-refractivity contribution in [3.63, 3.8) is 0 Å². The molecule has 0 nitrogen and oxygen atoms in total. The van der Waals surface area contributed by atoms with Gasteiger partial charge in [0.2, 0.25) is 0 Å². The number of rotatable bonds is 4. The maximum absolute atomic E-state index is 3.01. The van der Waals surface area contributed by atoms with Gasteiger partial charge in [0.15, 0.2) is 0 Å². The zero-order chi connectivity index (χ0) is 33.8. The van der Waals surface area contributed by atoms with E-state index in [9.17, 15) is 0 Å². The van der Waals surface area contributed by atoms with Gasteiger partial charge >= 0.3 is 306 Å². The monoisotopic (exact) mass is 890 g/mol. The van der Waals surface area contributed by atoms with Crippen LogP contribution in [0.2, 0.25) is 8.35 Å². The summed E-state index contributed by atoms with van der Waals surface area (Å²) in [5.74, 6) is 0. The summed E-state index contributed by atoms with van der Waals surface area (Å²) in [7, 11) is 0. The molecule has 1 heterocycles. The third-order valence-corrected chi connectivity index (χ3v) is 32.3. The largest absolute Gasteiger partial charge is 0.147 e. The molecule has 8 aromatic carbocycles. The van der Waals surface area contributed by atoms with E-state index in [4.69, 9.17) is 0 Å². The first-order valence-corrected chi connectivity index (χ1v) is 27.8. The van der Waals surface area contributed by atoms with Gasteiger partial charge < -0.3 is 0 Å². The summed E-state index contributed by atoms with van der Waals surface area (Å²) >= 11 is -3.01.